The Morgan fingerprint density at radius 2 is 2.38 bits per heavy atom. The number of hydrogen-bond acceptors (Lipinski definition) is 6. The first-order chi connectivity index (χ1) is 12.6. The van der Waals surface area contributed by atoms with E-state index in [-0.39, 0.29) is 23.9 Å². The monoisotopic (exact) mass is 397 g/mol. The number of nitrogens with zero attached hydrogens (tertiary/aromatic N) is 3. The minimum Gasteiger partial charge on any atom is -0.375 e. The fourth-order valence-electron chi connectivity index (χ4n) is 3.18. The molecule has 3 rings (SSSR count). The Labute approximate surface area is 162 Å². The summed E-state index contributed by atoms with van der Waals surface area (Å²) in [5, 5.41) is 3.42. The fraction of sp³-hybridized carbons (Fsp3) is 0.588. The highest BCUT2D eigenvalue weighted by molar-refractivity contribution is 7.09. The molecule has 1 amide bonds. The van der Waals surface area contributed by atoms with Gasteiger partial charge in [0.05, 0.1) is 23.4 Å². The molecule has 1 aliphatic rings. The van der Waals surface area contributed by atoms with Crippen molar-refractivity contribution in [3.05, 3.63) is 33.3 Å². The number of rotatable bonds is 7. The number of amides is 1. The van der Waals surface area contributed by atoms with E-state index in [1.807, 2.05) is 25.6 Å². The van der Waals surface area contributed by atoms with Crippen LogP contribution in [0.5, 0.6) is 0 Å². The maximum absolute atomic E-state index is 12.5. The second-order valence-corrected chi connectivity index (χ2v) is 7.60. The molecule has 1 aliphatic heterocycles. The van der Waals surface area contributed by atoms with Crippen LogP contribution in [0.2, 0.25) is 5.15 Å². The summed E-state index contributed by atoms with van der Waals surface area (Å²) in [5.74, 6) is 0.0198. The van der Waals surface area contributed by atoms with Crippen LogP contribution in [0, 0.1) is 0 Å². The fourth-order valence-corrected chi connectivity index (χ4v) is 4.08. The zero-order valence-corrected chi connectivity index (χ0v) is 16.6. The SMILES string of the molecule is CCOC1CN(Cc2cncs2)CCC1NC(=O)c1nc(Cl)c(CC)[nH]1. The van der Waals surface area contributed by atoms with Crippen LogP contribution in [0.1, 0.15) is 41.5 Å². The molecule has 0 spiro atoms. The van der Waals surface area contributed by atoms with E-state index in [2.05, 4.69) is 25.2 Å². The summed E-state index contributed by atoms with van der Waals surface area (Å²) in [6.45, 7) is 7.08. The standard InChI is InChI=1S/C17H24ClN5O2S/c1-3-12-15(18)22-16(20-12)17(24)21-13-5-6-23(9-14(13)25-4-2)8-11-7-19-10-26-11/h7,10,13-14H,3-6,8-9H2,1-2H3,(H,20,22)(H,21,24). The van der Waals surface area contributed by atoms with Crippen molar-refractivity contribution in [1.82, 2.24) is 25.2 Å². The minimum atomic E-state index is -0.239. The maximum Gasteiger partial charge on any atom is 0.287 e. The molecule has 0 aliphatic carbocycles. The number of ether oxygens (including phenoxy) is 1. The maximum atomic E-state index is 12.5. The summed E-state index contributed by atoms with van der Waals surface area (Å²) in [6, 6.07) is -0.0471. The molecule has 0 aromatic carbocycles. The van der Waals surface area contributed by atoms with Crippen LogP contribution in [-0.2, 0) is 17.7 Å². The molecule has 2 atom stereocenters. The Hall–Kier alpha value is -1.48. The molecule has 142 valence electrons. The lowest BCUT2D eigenvalue weighted by atomic mass is 10.0. The largest absolute Gasteiger partial charge is 0.375 e. The zero-order chi connectivity index (χ0) is 18.5. The van der Waals surface area contributed by atoms with Crippen LogP contribution in [0.25, 0.3) is 0 Å². The van der Waals surface area contributed by atoms with Gasteiger partial charge >= 0.3 is 0 Å². The highest BCUT2D eigenvalue weighted by atomic mass is 35.5. The van der Waals surface area contributed by atoms with E-state index in [1.165, 1.54) is 4.88 Å². The Morgan fingerprint density at radius 3 is 3.04 bits per heavy atom. The lowest BCUT2D eigenvalue weighted by molar-refractivity contribution is -0.0175. The normalized spacial score (nSPS) is 21.0. The van der Waals surface area contributed by atoms with Gasteiger partial charge in [-0.15, -0.1) is 11.3 Å². The van der Waals surface area contributed by atoms with Gasteiger partial charge in [-0.1, -0.05) is 18.5 Å². The molecule has 0 radical (unpaired) electrons. The predicted octanol–water partition coefficient (Wildman–Crippen LogP) is 2.49. The van der Waals surface area contributed by atoms with Crippen molar-refractivity contribution >= 4 is 28.8 Å². The van der Waals surface area contributed by atoms with Crippen LogP contribution < -0.4 is 5.32 Å². The van der Waals surface area contributed by atoms with Gasteiger partial charge in [-0.3, -0.25) is 14.7 Å². The lowest BCUT2D eigenvalue weighted by Crippen LogP contribution is -2.55. The number of carbonyl (C=O) groups excluding carboxylic acids is 1. The van der Waals surface area contributed by atoms with Gasteiger partial charge in [0, 0.05) is 37.3 Å². The third-order valence-electron chi connectivity index (χ3n) is 4.50. The number of halogens is 1. The number of thiazole rings is 1. The molecule has 3 heterocycles. The van der Waals surface area contributed by atoms with Gasteiger partial charge in [-0.05, 0) is 19.8 Å². The molecular formula is C17H24ClN5O2S. The first kappa shape index (κ1) is 19.3. The Bertz CT molecular complexity index is 721. The molecule has 2 aromatic heterocycles. The third-order valence-corrected chi connectivity index (χ3v) is 5.58. The molecule has 0 bridgehead atoms. The van der Waals surface area contributed by atoms with E-state index in [4.69, 9.17) is 16.3 Å². The number of carbonyl (C=O) groups is 1. The van der Waals surface area contributed by atoms with Gasteiger partial charge in [0.25, 0.3) is 5.91 Å². The van der Waals surface area contributed by atoms with Crippen LogP contribution in [0.15, 0.2) is 11.7 Å². The number of aromatic nitrogens is 3. The zero-order valence-electron chi connectivity index (χ0n) is 15.0. The molecule has 1 saturated heterocycles. The number of imidazole rings is 1. The van der Waals surface area contributed by atoms with E-state index in [0.717, 1.165) is 31.7 Å². The van der Waals surface area contributed by atoms with Crippen LogP contribution in [-0.4, -0.2) is 57.6 Å². The Kier molecular flexibility index (Phi) is 6.63. The summed E-state index contributed by atoms with van der Waals surface area (Å²) in [4.78, 5) is 27.4. The summed E-state index contributed by atoms with van der Waals surface area (Å²) in [6.07, 6.45) is 3.38. The van der Waals surface area contributed by atoms with E-state index >= 15 is 0 Å². The molecular weight excluding hydrogens is 374 g/mol. The molecule has 7 nitrogen and oxygen atoms in total. The number of likely N-dealkylation sites (tertiary alicyclic amines) is 1. The average molecular weight is 398 g/mol. The molecule has 9 heteroatoms. The van der Waals surface area contributed by atoms with Gasteiger partial charge < -0.3 is 15.0 Å². The van der Waals surface area contributed by atoms with Gasteiger partial charge in [0.1, 0.15) is 0 Å². The molecule has 2 aromatic rings. The lowest BCUT2D eigenvalue weighted by Gasteiger charge is -2.38. The van der Waals surface area contributed by atoms with Crippen molar-refractivity contribution in [2.24, 2.45) is 0 Å². The number of aromatic amines is 1. The third kappa shape index (κ3) is 4.62. The summed E-state index contributed by atoms with van der Waals surface area (Å²) in [7, 11) is 0. The van der Waals surface area contributed by atoms with Crippen molar-refractivity contribution in [3.8, 4) is 0 Å². The van der Waals surface area contributed by atoms with Gasteiger partial charge in [0.2, 0.25) is 0 Å². The van der Waals surface area contributed by atoms with Crippen molar-refractivity contribution in [2.45, 2.75) is 45.4 Å². The number of nitrogens with one attached hydrogen (secondary N) is 2. The van der Waals surface area contributed by atoms with Crippen LogP contribution >= 0.6 is 22.9 Å². The molecule has 2 N–H and O–H groups in total. The molecule has 0 saturated carbocycles. The minimum absolute atomic E-state index is 0.0471. The highest BCUT2D eigenvalue weighted by Gasteiger charge is 2.32. The Balaban J connectivity index is 1.62. The first-order valence-electron chi connectivity index (χ1n) is 8.87. The van der Waals surface area contributed by atoms with Gasteiger partial charge in [-0.25, -0.2) is 4.98 Å². The second-order valence-electron chi connectivity index (χ2n) is 6.27. The quantitative estimate of drug-likeness (QED) is 0.750. The molecule has 1 fully saturated rings. The average Bonchev–Trinajstić information content (AvgIpc) is 3.26. The Morgan fingerprint density at radius 1 is 1.54 bits per heavy atom. The summed E-state index contributed by atoms with van der Waals surface area (Å²) in [5.41, 5.74) is 2.62. The molecule has 2 unspecified atom stereocenters. The van der Waals surface area contributed by atoms with Gasteiger partial charge in [-0.2, -0.15) is 0 Å². The number of aryl methyl sites for hydroxylation is 1. The highest BCUT2D eigenvalue weighted by Crippen LogP contribution is 2.19. The first-order valence-corrected chi connectivity index (χ1v) is 10.1. The smallest absolute Gasteiger partial charge is 0.287 e. The summed E-state index contributed by atoms with van der Waals surface area (Å²) < 4.78 is 5.91. The van der Waals surface area contributed by atoms with Crippen LogP contribution in [0.3, 0.4) is 0 Å². The number of piperidine rings is 1. The second kappa shape index (κ2) is 8.94. The van der Waals surface area contributed by atoms with Gasteiger partial charge in [0.15, 0.2) is 11.0 Å². The van der Waals surface area contributed by atoms with Crippen LogP contribution in [0.4, 0.5) is 0 Å². The summed E-state index contributed by atoms with van der Waals surface area (Å²) >= 11 is 7.70. The predicted molar refractivity (Wildman–Crippen MR) is 102 cm³/mol. The van der Waals surface area contributed by atoms with E-state index in [1.54, 1.807) is 11.3 Å². The van der Waals surface area contributed by atoms with E-state index in [9.17, 15) is 4.79 Å². The van der Waals surface area contributed by atoms with E-state index in [0.29, 0.717) is 18.2 Å². The molecule has 26 heavy (non-hydrogen) atoms. The topological polar surface area (TPSA) is 83.1 Å². The number of H-pyrrole nitrogens is 1. The van der Waals surface area contributed by atoms with E-state index < -0.39 is 0 Å². The van der Waals surface area contributed by atoms with Crippen molar-refractivity contribution < 1.29 is 9.53 Å². The van der Waals surface area contributed by atoms with Crippen molar-refractivity contribution in [3.63, 3.8) is 0 Å². The van der Waals surface area contributed by atoms with Crippen molar-refractivity contribution in [1.29, 1.82) is 0 Å². The van der Waals surface area contributed by atoms with Crippen molar-refractivity contribution in [2.75, 3.05) is 19.7 Å². The number of hydrogen-bond donors (Lipinski definition) is 2.